The van der Waals surface area contributed by atoms with Crippen molar-refractivity contribution in [2.75, 3.05) is 18.0 Å². The number of piperidine rings is 1. The van der Waals surface area contributed by atoms with Gasteiger partial charge in [-0.2, -0.15) is 0 Å². The number of anilines is 1. The van der Waals surface area contributed by atoms with Gasteiger partial charge in [0.25, 0.3) is 0 Å². The lowest BCUT2D eigenvalue weighted by Gasteiger charge is -2.36. The van der Waals surface area contributed by atoms with E-state index in [0.29, 0.717) is 5.88 Å². The summed E-state index contributed by atoms with van der Waals surface area (Å²) in [6.45, 7) is 9.04. The Morgan fingerprint density at radius 1 is 1.28 bits per heavy atom. The predicted octanol–water partition coefficient (Wildman–Crippen LogP) is 3.87. The maximum Gasteiger partial charge on any atom is 0.129 e. The van der Waals surface area contributed by atoms with Gasteiger partial charge in [-0.05, 0) is 42.4 Å². The zero-order chi connectivity index (χ0) is 13.1. The van der Waals surface area contributed by atoms with E-state index in [1.807, 2.05) is 0 Å². The van der Waals surface area contributed by atoms with E-state index in [1.54, 1.807) is 0 Å². The van der Waals surface area contributed by atoms with E-state index in [2.05, 4.69) is 37.8 Å². The molecular weight excluding hydrogens is 244 g/mol. The van der Waals surface area contributed by atoms with E-state index in [-0.39, 0.29) is 0 Å². The van der Waals surface area contributed by atoms with Gasteiger partial charge in [0.2, 0.25) is 0 Å². The number of pyridine rings is 1. The minimum Gasteiger partial charge on any atom is -0.356 e. The fourth-order valence-corrected chi connectivity index (χ4v) is 3.06. The second-order valence-corrected chi connectivity index (χ2v) is 5.93. The van der Waals surface area contributed by atoms with Crippen LogP contribution in [0.25, 0.3) is 0 Å². The highest BCUT2D eigenvalue weighted by Crippen LogP contribution is 2.26. The maximum atomic E-state index is 5.98. The summed E-state index contributed by atoms with van der Waals surface area (Å²) in [5.41, 5.74) is 2.33. The van der Waals surface area contributed by atoms with Crippen LogP contribution in [-0.4, -0.2) is 18.1 Å². The number of hydrogen-bond donors (Lipinski definition) is 0. The Morgan fingerprint density at radius 2 is 1.94 bits per heavy atom. The van der Waals surface area contributed by atoms with Gasteiger partial charge in [0.1, 0.15) is 5.82 Å². The largest absolute Gasteiger partial charge is 0.356 e. The quantitative estimate of drug-likeness (QED) is 0.773. The number of hydrogen-bond acceptors (Lipinski definition) is 2. The van der Waals surface area contributed by atoms with Gasteiger partial charge in [0.05, 0.1) is 0 Å². The molecular formula is C15H23ClN2. The summed E-state index contributed by atoms with van der Waals surface area (Å²) in [4.78, 5) is 7.18. The van der Waals surface area contributed by atoms with Crippen molar-refractivity contribution < 1.29 is 0 Å². The van der Waals surface area contributed by atoms with Gasteiger partial charge < -0.3 is 4.90 Å². The van der Waals surface area contributed by atoms with Crippen molar-refractivity contribution in [3.63, 3.8) is 0 Å². The van der Waals surface area contributed by atoms with Gasteiger partial charge in [-0.3, -0.25) is 0 Å². The van der Waals surface area contributed by atoms with E-state index < -0.39 is 0 Å². The topological polar surface area (TPSA) is 16.1 Å². The number of aromatic nitrogens is 1. The Morgan fingerprint density at radius 3 is 2.50 bits per heavy atom. The molecule has 2 nitrogen and oxygen atoms in total. The van der Waals surface area contributed by atoms with E-state index in [4.69, 9.17) is 16.6 Å². The van der Waals surface area contributed by atoms with Crippen LogP contribution < -0.4 is 4.90 Å². The molecule has 1 fully saturated rings. The molecule has 2 unspecified atom stereocenters. The van der Waals surface area contributed by atoms with Crippen molar-refractivity contribution >= 4 is 17.4 Å². The lowest BCUT2D eigenvalue weighted by atomic mass is 9.92. The number of rotatable bonds is 3. The van der Waals surface area contributed by atoms with Gasteiger partial charge in [0.15, 0.2) is 0 Å². The third-order valence-corrected chi connectivity index (χ3v) is 3.94. The molecule has 0 amide bonds. The third-order valence-electron chi connectivity index (χ3n) is 3.63. The number of aryl methyl sites for hydroxylation is 1. The van der Waals surface area contributed by atoms with Crippen molar-refractivity contribution in [1.29, 1.82) is 0 Å². The molecule has 0 N–H and O–H groups in total. The van der Waals surface area contributed by atoms with Gasteiger partial charge in [-0.1, -0.05) is 20.8 Å². The lowest BCUT2D eigenvalue weighted by molar-refractivity contribution is 0.355. The number of alkyl halides is 1. The van der Waals surface area contributed by atoms with Crippen molar-refractivity contribution in [1.82, 2.24) is 4.98 Å². The molecule has 2 rings (SSSR count). The van der Waals surface area contributed by atoms with Gasteiger partial charge in [-0.15, -0.1) is 11.6 Å². The molecule has 1 aromatic heterocycles. The normalized spacial score (nSPS) is 24.3. The summed E-state index contributed by atoms with van der Waals surface area (Å²) < 4.78 is 0. The highest BCUT2D eigenvalue weighted by molar-refractivity contribution is 6.17. The van der Waals surface area contributed by atoms with Crippen LogP contribution in [-0.2, 0) is 12.3 Å². The van der Waals surface area contributed by atoms with Crippen LogP contribution in [0.5, 0.6) is 0 Å². The second-order valence-electron chi connectivity index (χ2n) is 5.66. The predicted molar refractivity (Wildman–Crippen MR) is 78.3 cm³/mol. The third kappa shape index (κ3) is 3.17. The monoisotopic (exact) mass is 266 g/mol. The molecule has 100 valence electrons. The molecule has 1 aromatic rings. The van der Waals surface area contributed by atoms with Gasteiger partial charge in [0, 0.05) is 24.7 Å². The van der Waals surface area contributed by atoms with Crippen LogP contribution in [0.4, 0.5) is 5.82 Å². The van der Waals surface area contributed by atoms with Crippen molar-refractivity contribution in [2.24, 2.45) is 11.8 Å². The molecule has 2 heterocycles. The first kappa shape index (κ1) is 13.7. The summed E-state index contributed by atoms with van der Waals surface area (Å²) in [5.74, 6) is 3.19. The standard InChI is InChI=1S/C15H23ClN2/c1-4-14-6-13(8-16)7-15(17-14)18-9-11(2)5-12(3)10-18/h6-7,11-12H,4-5,8-10H2,1-3H3. The lowest BCUT2D eigenvalue weighted by Crippen LogP contribution is -2.39. The average Bonchev–Trinajstić information content (AvgIpc) is 2.37. The fourth-order valence-electron chi connectivity index (χ4n) is 2.90. The highest BCUT2D eigenvalue weighted by Gasteiger charge is 2.23. The van der Waals surface area contributed by atoms with E-state index in [9.17, 15) is 0 Å². The smallest absolute Gasteiger partial charge is 0.129 e. The summed E-state index contributed by atoms with van der Waals surface area (Å²) >= 11 is 5.98. The van der Waals surface area contributed by atoms with Crippen LogP contribution >= 0.6 is 11.6 Å². The van der Waals surface area contributed by atoms with Crippen LogP contribution in [0.3, 0.4) is 0 Å². The summed E-state index contributed by atoms with van der Waals surface area (Å²) in [6.07, 6.45) is 2.29. The minimum absolute atomic E-state index is 0.571. The minimum atomic E-state index is 0.571. The van der Waals surface area contributed by atoms with E-state index >= 15 is 0 Å². The molecule has 1 aliphatic rings. The Labute approximate surface area is 115 Å². The molecule has 0 saturated carbocycles. The summed E-state index contributed by atoms with van der Waals surface area (Å²) in [5, 5.41) is 0. The van der Waals surface area contributed by atoms with Gasteiger partial charge in [-0.25, -0.2) is 4.98 Å². The maximum absolute atomic E-state index is 5.98. The van der Waals surface area contributed by atoms with Crippen LogP contribution in [0.15, 0.2) is 12.1 Å². The number of halogens is 1. The first-order valence-electron chi connectivity index (χ1n) is 6.93. The summed E-state index contributed by atoms with van der Waals surface area (Å²) in [6, 6.07) is 4.27. The zero-order valence-electron chi connectivity index (χ0n) is 11.6. The SMILES string of the molecule is CCc1cc(CCl)cc(N2CC(C)CC(C)C2)n1. The average molecular weight is 267 g/mol. The molecule has 3 heteroatoms. The molecule has 1 saturated heterocycles. The Kier molecular flexibility index (Phi) is 4.50. The molecule has 18 heavy (non-hydrogen) atoms. The highest BCUT2D eigenvalue weighted by atomic mass is 35.5. The van der Waals surface area contributed by atoms with Crippen LogP contribution in [0.1, 0.15) is 38.4 Å². The molecule has 0 bridgehead atoms. The van der Waals surface area contributed by atoms with E-state index in [1.165, 1.54) is 12.0 Å². The van der Waals surface area contributed by atoms with Crippen LogP contribution in [0, 0.1) is 11.8 Å². The molecule has 0 radical (unpaired) electrons. The molecule has 0 aromatic carbocycles. The first-order valence-corrected chi connectivity index (χ1v) is 7.46. The van der Waals surface area contributed by atoms with Crippen molar-refractivity contribution in [3.05, 3.63) is 23.4 Å². The fraction of sp³-hybridized carbons (Fsp3) is 0.667. The molecule has 0 aliphatic carbocycles. The van der Waals surface area contributed by atoms with Gasteiger partial charge >= 0.3 is 0 Å². The zero-order valence-corrected chi connectivity index (χ0v) is 12.4. The number of nitrogens with zero attached hydrogens (tertiary/aromatic N) is 2. The first-order chi connectivity index (χ1) is 8.62. The van der Waals surface area contributed by atoms with Crippen molar-refractivity contribution in [2.45, 2.75) is 39.5 Å². The Bertz CT molecular complexity index is 373. The Balaban J connectivity index is 2.25. The van der Waals surface area contributed by atoms with Crippen molar-refractivity contribution in [3.8, 4) is 0 Å². The molecule has 0 spiro atoms. The molecule has 1 aliphatic heterocycles. The Hall–Kier alpha value is -0.760. The second kappa shape index (κ2) is 5.92. The van der Waals surface area contributed by atoms with Crippen LogP contribution in [0.2, 0.25) is 0 Å². The summed E-state index contributed by atoms with van der Waals surface area (Å²) in [7, 11) is 0. The van der Waals surface area contributed by atoms with E-state index in [0.717, 1.165) is 42.9 Å². The molecule has 2 atom stereocenters.